The molecular weight excluding hydrogens is 248 g/mol. The Balaban J connectivity index is 1.72. The molecular formula is C14H18O3S. The SMILES string of the molecule is O=C(c1ccsc1)C1CCOC2(CCOCC2)C1. The molecule has 0 radical (unpaired) electrons. The Labute approximate surface area is 111 Å². The number of carbonyl (C=O) groups excluding carboxylic acids is 1. The molecule has 18 heavy (non-hydrogen) atoms. The predicted octanol–water partition coefficient (Wildman–Crippen LogP) is 2.91. The van der Waals surface area contributed by atoms with E-state index in [0.717, 1.165) is 44.5 Å². The first-order valence-corrected chi connectivity index (χ1v) is 7.52. The van der Waals surface area contributed by atoms with E-state index in [4.69, 9.17) is 9.47 Å². The number of Topliss-reactive ketones (excluding diaryl/α,β-unsaturated/α-hetero) is 1. The minimum Gasteiger partial charge on any atom is -0.381 e. The van der Waals surface area contributed by atoms with E-state index >= 15 is 0 Å². The molecule has 0 N–H and O–H groups in total. The van der Waals surface area contributed by atoms with Crippen LogP contribution in [0.1, 0.15) is 36.0 Å². The van der Waals surface area contributed by atoms with E-state index in [9.17, 15) is 4.79 Å². The second kappa shape index (κ2) is 5.11. The first-order valence-electron chi connectivity index (χ1n) is 6.57. The van der Waals surface area contributed by atoms with Crippen LogP contribution in [0.15, 0.2) is 16.8 Å². The molecule has 0 saturated carbocycles. The van der Waals surface area contributed by atoms with Gasteiger partial charge in [-0.15, -0.1) is 0 Å². The van der Waals surface area contributed by atoms with Crippen LogP contribution in [0, 0.1) is 5.92 Å². The summed E-state index contributed by atoms with van der Waals surface area (Å²) in [5.74, 6) is 0.428. The maximum absolute atomic E-state index is 12.4. The topological polar surface area (TPSA) is 35.5 Å². The van der Waals surface area contributed by atoms with Gasteiger partial charge >= 0.3 is 0 Å². The quantitative estimate of drug-likeness (QED) is 0.772. The third-order valence-electron chi connectivity index (χ3n) is 4.07. The summed E-state index contributed by atoms with van der Waals surface area (Å²) in [6.07, 6.45) is 3.59. The number of hydrogen-bond donors (Lipinski definition) is 0. The summed E-state index contributed by atoms with van der Waals surface area (Å²) in [7, 11) is 0. The van der Waals surface area contributed by atoms with Gasteiger partial charge in [-0.1, -0.05) is 0 Å². The smallest absolute Gasteiger partial charge is 0.166 e. The van der Waals surface area contributed by atoms with Crippen LogP contribution in [-0.4, -0.2) is 31.2 Å². The van der Waals surface area contributed by atoms with Crippen LogP contribution in [0.4, 0.5) is 0 Å². The number of ketones is 1. The Kier molecular flexibility index (Phi) is 3.50. The van der Waals surface area contributed by atoms with Crippen LogP contribution in [0.2, 0.25) is 0 Å². The number of hydrogen-bond acceptors (Lipinski definition) is 4. The molecule has 3 heterocycles. The van der Waals surface area contributed by atoms with Crippen LogP contribution < -0.4 is 0 Å². The van der Waals surface area contributed by atoms with E-state index in [1.807, 2.05) is 16.8 Å². The molecule has 0 aromatic carbocycles. The lowest BCUT2D eigenvalue weighted by molar-refractivity contribution is -0.142. The van der Waals surface area contributed by atoms with Gasteiger partial charge in [0.2, 0.25) is 0 Å². The first-order chi connectivity index (χ1) is 8.79. The summed E-state index contributed by atoms with van der Waals surface area (Å²) < 4.78 is 11.4. The van der Waals surface area contributed by atoms with E-state index in [1.54, 1.807) is 11.3 Å². The summed E-state index contributed by atoms with van der Waals surface area (Å²) in [5, 5.41) is 3.92. The van der Waals surface area contributed by atoms with Crippen LogP contribution >= 0.6 is 11.3 Å². The fourth-order valence-corrected chi connectivity index (χ4v) is 3.63. The maximum Gasteiger partial charge on any atom is 0.166 e. The number of rotatable bonds is 2. The van der Waals surface area contributed by atoms with Crippen molar-refractivity contribution in [2.45, 2.75) is 31.3 Å². The van der Waals surface area contributed by atoms with Gasteiger partial charge in [-0.3, -0.25) is 4.79 Å². The molecule has 1 unspecified atom stereocenters. The molecule has 1 aromatic heterocycles. The van der Waals surface area contributed by atoms with E-state index in [0.29, 0.717) is 12.4 Å². The lowest BCUT2D eigenvalue weighted by Gasteiger charge is -2.42. The zero-order valence-corrected chi connectivity index (χ0v) is 11.2. The van der Waals surface area contributed by atoms with Gasteiger partial charge in [0.15, 0.2) is 5.78 Å². The van der Waals surface area contributed by atoms with Crippen molar-refractivity contribution in [3.8, 4) is 0 Å². The lowest BCUT2D eigenvalue weighted by atomic mass is 9.78. The molecule has 1 spiro atoms. The average molecular weight is 266 g/mol. The van der Waals surface area contributed by atoms with Crippen molar-refractivity contribution in [1.82, 2.24) is 0 Å². The highest BCUT2D eigenvalue weighted by atomic mass is 32.1. The van der Waals surface area contributed by atoms with Gasteiger partial charge < -0.3 is 9.47 Å². The third-order valence-corrected chi connectivity index (χ3v) is 4.76. The Morgan fingerprint density at radius 3 is 2.89 bits per heavy atom. The van der Waals surface area contributed by atoms with E-state index < -0.39 is 0 Å². The van der Waals surface area contributed by atoms with Crippen molar-refractivity contribution in [3.05, 3.63) is 22.4 Å². The molecule has 0 aliphatic carbocycles. The Bertz CT molecular complexity index is 401. The van der Waals surface area contributed by atoms with Gasteiger partial charge in [-0.05, 0) is 37.1 Å². The van der Waals surface area contributed by atoms with Gasteiger partial charge in [0.25, 0.3) is 0 Å². The summed E-state index contributed by atoms with van der Waals surface area (Å²) >= 11 is 1.59. The molecule has 4 heteroatoms. The highest BCUT2D eigenvalue weighted by Crippen LogP contribution is 2.38. The molecule has 3 rings (SSSR count). The summed E-state index contributed by atoms with van der Waals surface area (Å²) in [6, 6.07) is 1.93. The van der Waals surface area contributed by atoms with E-state index in [-0.39, 0.29) is 11.5 Å². The van der Waals surface area contributed by atoms with Gasteiger partial charge in [-0.2, -0.15) is 11.3 Å². The van der Waals surface area contributed by atoms with Gasteiger partial charge in [-0.25, -0.2) is 0 Å². The normalized spacial score (nSPS) is 27.2. The Hall–Kier alpha value is -0.710. The van der Waals surface area contributed by atoms with E-state index in [1.165, 1.54) is 0 Å². The van der Waals surface area contributed by atoms with Gasteiger partial charge in [0.1, 0.15) is 0 Å². The average Bonchev–Trinajstić information content (AvgIpc) is 2.93. The fourth-order valence-electron chi connectivity index (χ4n) is 2.98. The number of carbonyl (C=O) groups is 1. The first kappa shape index (κ1) is 12.3. The molecule has 2 aliphatic heterocycles. The third kappa shape index (κ3) is 2.37. The number of thiophene rings is 1. The van der Waals surface area contributed by atoms with E-state index in [2.05, 4.69) is 0 Å². The van der Waals surface area contributed by atoms with Gasteiger partial charge in [0.05, 0.1) is 5.60 Å². The molecule has 0 amide bonds. The highest BCUT2D eigenvalue weighted by Gasteiger charge is 2.41. The molecule has 2 aliphatic rings. The molecule has 1 aromatic rings. The Morgan fingerprint density at radius 1 is 1.33 bits per heavy atom. The maximum atomic E-state index is 12.4. The highest BCUT2D eigenvalue weighted by molar-refractivity contribution is 7.08. The second-order valence-corrected chi connectivity index (χ2v) is 5.99. The molecule has 2 fully saturated rings. The van der Waals surface area contributed by atoms with Crippen molar-refractivity contribution in [2.75, 3.05) is 19.8 Å². The van der Waals surface area contributed by atoms with Crippen LogP contribution in [-0.2, 0) is 9.47 Å². The largest absolute Gasteiger partial charge is 0.381 e. The van der Waals surface area contributed by atoms with Crippen molar-refractivity contribution in [2.24, 2.45) is 5.92 Å². The summed E-state index contributed by atoms with van der Waals surface area (Å²) in [4.78, 5) is 12.4. The zero-order valence-electron chi connectivity index (χ0n) is 10.4. The summed E-state index contributed by atoms with van der Waals surface area (Å²) in [5.41, 5.74) is 0.779. The van der Waals surface area contributed by atoms with Crippen molar-refractivity contribution in [3.63, 3.8) is 0 Å². The Morgan fingerprint density at radius 2 is 2.17 bits per heavy atom. The predicted molar refractivity (Wildman–Crippen MR) is 70.1 cm³/mol. The second-order valence-electron chi connectivity index (χ2n) is 5.21. The lowest BCUT2D eigenvalue weighted by Crippen LogP contribution is -2.45. The number of ether oxygens (including phenoxy) is 2. The van der Waals surface area contributed by atoms with Crippen LogP contribution in [0.5, 0.6) is 0 Å². The van der Waals surface area contributed by atoms with Crippen molar-refractivity contribution in [1.29, 1.82) is 0 Å². The molecule has 1 atom stereocenters. The molecule has 0 bridgehead atoms. The monoisotopic (exact) mass is 266 g/mol. The molecule has 2 saturated heterocycles. The molecule has 98 valence electrons. The standard InChI is InChI=1S/C14H18O3S/c15-13(12-2-8-18-10-12)11-1-5-17-14(9-11)3-6-16-7-4-14/h2,8,10-11H,1,3-7,9H2. The van der Waals surface area contributed by atoms with Gasteiger partial charge in [0, 0.05) is 36.7 Å². The summed E-state index contributed by atoms with van der Waals surface area (Å²) in [6.45, 7) is 2.24. The van der Waals surface area contributed by atoms with Crippen LogP contribution in [0.3, 0.4) is 0 Å². The molecule has 3 nitrogen and oxygen atoms in total. The zero-order chi connectivity index (χ0) is 12.4. The van der Waals surface area contributed by atoms with Crippen LogP contribution in [0.25, 0.3) is 0 Å². The minimum absolute atomic E-state index is 0.0904. The minimum atomic E-state index is -0.0904. The van der Waals surface area contributed by atoms with Crippen molar-refractivity contribution >= 4 is 17.1 Å². The van der Waals surface area contributed by atoms with Crippen molar-refractivity contribution < 1.29 is 14.3 Å². The fraction of sp³-hybridized carbons (Fsp3) is 0.643.